The summed E-state index contributed by atoms with van der Waals surface area (Å²) in [6, 6.07) is 0. The highest BCUT2D eigenvalue weighted by Gasteiger charge is 2.28. The topological polar surface area (TPSA) is 105 Å². The van der Waals surface area contributed by atoms with Crippen LogP contribution in [-0.2, 0) is 19.2 Å². The molecule has 0 rings (SSSR count). The van der Waals surface area contributed by atoms with E-state index in [0.29, 0.717) is 0 Å². The van der Waals surface area contributed by atoms with Crippen molar-refractivity contribution >= 4 is 11.9 Å². The number of ether oxygens (including phenoxy) is 1. The van der Waals surface area contributed by atoms with Crippen molar-refractivity contribution in [3.8, 4) is 11.8 Å². The maximum absolute atomic E-state index is 11.6. The number of esters is 1. The normalized spacial score (nSPS) is 12.2. The minimum absolute atomic E-state index is 0.00634. The third-order valence-corrected chi connectivity index (χ3v) is 1.62. The highest BCUT2D eigenvalue weighted by Crippen LogP contribution is 2.13. The molecule has 0 aliphatic carbocycles. The van der Waals surface area contributed by atoms with Crippen LogP contribution >= 0.6 is 0 Å². The molecule has 0 heterocycles. The molecule has 0 aromatic heterocycles. The highest BCUT2D eigenvalue weighted by atomic mass is 16.6. The fourth-order valence-electron chi connectivity index (χ4n) is 0.940. The van der Waals surface area contributed by atoms with Gasteiger partial charge < -0.3 is 10.5 Å². The molecule has 1 amide bonds. The van der Waals surface area contributed by atoms with Crippen molar-refractivity contribution in [2.24, 2.45) is 17.5 Å². The molecule has 0 aromatic rings. The van der Waals surface area contributed by atoms with Gasteiger partial charge in [0, 0.05) is 6.42 Å². The smallest absolute Gasteiger partial charge is 0.319 e. The molecule has 6 nitrogen and oxygen atoms in total. The average molecular weight is 242 g/mol. The second kappa shape index (κ2) is 6.89. The lowest BCUT2D eigenvalue weighted by molar-refractivity contribution is -0.161. The van der Waals surface area contributed by atoms with E-state index in [0.717, 1.165) is 0 Å². The van der Waals surface area contributed by atoms with Crippen LogP contribution in [0.1, 0.15) is 27.2 Å². The molecule has 0 spiro atoms. The number of rotatable bonds is 4. The van der Waals surface area contributed by atoms with Crippen LogP contribution in [0.15, 0.2) is 0 Å². The minimum Gasteiger partial charge on any atom is -0.459 e. The standard InChI is InChI=1S/C11H18N2O4/c1-11(2,3)17-10(15)8(9(12)14)6-4-5-7-16-13/h8H,6-7,13H2,1-3H3,(H2,12,14). The maximum Gasteiger partial charge on any atom is 0.319 e. The summed E-state index contributed by atoms with van der Waals surface area (Å²) in [6.07, 6.45) is -0.00634. The largest absolute Gasteiger partial charge is 0.459 e. The number of primary amides is 1. The van der Waals surface area contributed by atoms with E-state index < -0.39 is 23.4 Å². The van der Waals surface area contributed by atoms with Gasteiger partial charge in [-0.05, 0) is 20.8 Å². The summed E-state index contributed by atoms with van der Waals surface area (Å²) in [5, 5.41) is 0. The molecule has 6 heteroatoms. The molecule has 0 aliphatic heterocycles. The number of hydrogen-bond acceptors (Lipinski definition) is 5. The number of carbonyl (C=O) groups excluding carboxylic acids is 2. The highest BCUT2D eigenvalue weighted by molar-refractivity contribution is 5.97. The molecule has 0 saturated heterocycles. The van der Waals surface area contributed by atoms with Gasteiger partial charge in [0.25, 0.3) is 0 Å². The monoisotopic (exact) mass is 242 g/mol. The lowest BCUT2D eigenvalue weighted by Gasteiger charge is -2.21. The third kappa shape index (κ3) is 7.33. The summed E-state index contributed by atoms with van der Waals surface area (Å²) < 4.78 is 5.05. The molecule has 0 aliphatic rings. The Bertz CT molecular complexity index is 336. The fourth-order valence-corrected chi connectivity index (χ4v) is 0.940. The van der Waals surface area contributed by atoms with Gasteiger partial charge in [-0.25, -0.2) is 5.90 Å². The van der Waals surface area contributed by atoms with Crippen molar-refractivity contribution in [2.75, 3.05) is 6.61 Å². The zero-order valence-corrected chi connectivity index (χ0v) is 10.3. The first-order valence-electron chi connectivity index (χ1n) is 5.07. The predicted octanol–water partition coefficient (Wildman–Crippen LogP) is -0.287. The summed E-state index contributed by atoms with van der Waals surface area (Å²) in [5.74, 6) is 7.36. The van der Waals surface area contributed by atoms with Crippen LogP contribution < -0.4 is 11.6 Å². The van der Waals surface area contributed by atoms with E-state index in [4.69, 9.17) is 16.4 Å². The molecule has 4 N–H and O–H groups in total. The quantitative estimate of drug-likeness (QED) is 0.305. The zero-order chi connectivity index (χ0) is 13.5. The second-order valence-electron chi connectivity index (χ2n) is 4.36. The van der Waals surface area contributed by atoms with Gasteiger partial charge in [0.2, 0.25) is 5.91 Å². The van der Waals surface area contributed by atoms with Crippen LogP contribution in [0, 0.1) is 17.8 Å². The van der Waals surface area contributed by atoms with Crippen LogP contribution in [0.3, 0.4) is 0 Å². The van der Waals surface area contributed by atoms with E-state index in [1.54, 1.807) is 20.8 Å². The summed E-state index contributed by atoms with van der Waals surface area (Å²) >= 11 is 0. The Labute approximate surface area is 101 Å². The molecule has 96 valence electrons. The lowest BCUT2D eigenvalue weighted by Crippen LogP contribution is -2.35. The fraction of sp³-hybridized carbons (Fsp3) is 0.636. The minimum atomic E-state index is -1.07. The summed E-state index contributed by atoms with van der Waals surface area (Å²) in [6.45, 7) is 5.14. The molecule has 0 saturated carbocycles. The van der Waals surface area contributed by atoms with Crippen molar-refractivity contribution in [3.05, 3.63) is 0 Å². The first-order valence-corrected chi connectivity index (χ1v) is 5.07. The van der Waals surface area contributed by atoms with Gasteiger partial charge >= 0.3 is 5.97 Å². The maximum atomic E-state index is 11.6. The van der Waals surface area contributed by atoms with Gasteiger partial charge in [-0.2, -0.15) is 0 Å². The number of nitrogens with two attached hydrogens (primary N) is 2. The predicted molar refractivity (Wildman–Crippen MR) is 61.1 cm³/mol. The van der Waals surface area contributed by atoms with Crippen molar-refractivity contribution in [2.45, 2.75) is 32.8 Å². The van der Waals surface area contributed by atoms with Gasteiger partial charge in [-0.15, -0.1) is 0 Å². The van der Waals surface area contributed by atoms with Crippen molar-refractivity contribution in [1.82, 2.24) is 0 Å². The van der Waals surface area contributed by atoms with Crippen LogP contribution in [0.25, 0.3) is 0 Å². The van der Waals surface area contributed by atoms with Gasteiger partial charge in [0.05, 0.1) is 0 Å². The lowest BCUT2D eigenvalue weighted by atomic mass is 10.0. The first-order chi connectivity index (χ1) is 7.78. The first kappa shape index (κ1) is 15.4. The Morgan fingerprint density at radius 2 is 1.88 bits per heavy atom. The number of amides is 1. The van der Waals surface area contributed by atoms with E-state index in [9.17, 15) is 9.59 Å². The molecule has 17 heavy (non-hydrogen) atoms. The summed E-state index contributed by atoms with van der Waals surface area (Å²) in [4.78, 5) is 26.9. The molecular weight excluding hydrogens is 224 g/mol. The van der Waals surface area contributed by atoms with Crippen LogP contribution in [0.4, 0.5) is 0 Å². The molecule has 0 bridgehead atoms. The summed E-state index contributed by atoms with van der Waals surface area (Å²) in [7, 11) is 0. The van der Waals surface area contributed by atoms with E-state index in [2.05, 4.69) is 16.7 Å². The number of carbonyl (C=O) groups is 2. The average Bonchev–Trinajstić information content (AvgIpc) is 2.14. The molecule has 0 radical (unpaired) electrons. The Balaban J connectivity index is 4.50. The van der Waals surface area contributed by atoms with Gasteiger partial charge in [0.15, 0.2) is 0 Å². The zero-order valence-electron chi connectivity index (χ0n) is 10.3. The van der Waals surface area contributed by atoms with Crippen LogP contribution in [0.5, 0.6) is 0 Å². The van der Waals surface area contributed by atoms with Gasteiger partial charge in [-0.1, -0.05) is 11.8 Å². The van der Waals surface area contributed by atoms with Gasteiger partial charge in [0.1, 0.15) is 18.1 Å². The SMILES string of the molecule is CC(C)(C)OC(=O)C(CC#CCON)C(N)=O. The molecule has 0 aromatic carbocycles. The Kier molecular flexibility index (Phi) is 6.25. The third-order valence-electron chi connectivity index (χ3n) is 1.62. The van der Waals surface area contributed by atoms with Crippen molar-refractivity contribution in [3.63, 3.8) is 0 Å². The van der Waals surface area contributed by atoms with E-state index in [1.807, 2.05) is 0 Å². The van der Waals surface area contributed by atoms with Crippen LogP contribution in [0.2, 0.25) is 0 Å². The number of hydrogen-bond donors (Lipinski definition) is 2. The summed E-state index contributed by atoms with van der Waals surface area (Å²) in [5.41, 5.74) is 4.44. The van der Waals surface area contributed by atoms with E-state index in [-0.39, 0.29) is 13.0 Å². The molecule has 0 fully saturated rings. The van der Waals surface area contributed by atoms with Crippen molar-refractivity contribution < 1.29 is 19.2 Å². The van der Waals surface area contributed by atoms with E-state index >= 15 is 0 Å². The van der Waals surface area contributed by atoms with Crippen LogP contribution in [-0.4, -0.2) is 24.1 Å². The van der Waals surface area contributed by atoms with Crippen molar-refractivity contribution in [1.29, 1.82) is 0 Å². The molecule has 1 atom stereocenters. The Hall–Kier alpha value is -1.58. The molecule has 1 unspecified atom stereocenters. The second-order valence-corrected chi connectivity index (χ2v) is 4.36. The Morgan fingerprint density at radius 3 is 2.29 bits per heavy atom. The van der Waals surface area contributed by atoms with Gasteiger partial charge in [-0.3, -0.25) is 14.4 Å². The Morgan fingerprint density at radius 1 is 1.29 bits per heavy atom. The van der Waals surface area contributed by atoms with E-state index in [1.165, 1.54) is 0 Å². The molecular formula is C11H18N2O4.